The molecule has 5 rings (SSSR count). The van der Waals surface area contributed by atoms with Crippen molar-refractivity contribution in [3.05, 3.63) is 89.5 Å². The molecule has 1 aromatic carbocycles. The first-order valence-electron chi connectivity index (χ1n) is 12.4. The molecule has 0 spiro atoms. The largest absolute Gasteiger partial charge is 0.442 e. The number of aryl methyl sites for hydroxylation is 1. The third-order valence-corrected chi connectivity index (χ3v) is 5.67. The lowest BCUT2D eigenvalue weighted by Gasteiger charge is -2.19. The molecule has 0 aliphatic heterocycles. The van der Waals surface area contributed by atoms with E-state index in [1.54, 1.807) is 69.7 Å². The topological polar surface area (TPSA) is 121 Å². The van der Waals surface area contributed by atoms with Gasteiger partial charge < -0.3 is 10.1 Å². The summed E-state index contributed by atoms with van der Waals surface area (Å²) in [5.74, 6) is 6.27. The van der Waals surface area contributed by atoms with E-state index in [1.807, 2.05) is 13.0 Å². The Bertz CT molecular complexity index is 1760. The maximum Gasteiger partial charge on any atom is 0.435 e. The monoisotopic (exact) mass is 536 g/mol. The highest BCUT2D eigenvalue weighted by Gasteiger charge is 2.20. The summed E-state index contributed by atoms with van der Waals surface area (Å²) in [5, 5.41) is 7.94. The predicted molar refractivity (Wildman–Crippen MR) is 147 cm³/mol. The van der Waals surface area contributed by atoms with Gasteiger partial charge >= 0.3 is 6.09 Å². The number of nitrogens with zero attached hydrogens (tertiary/aromatic N) is 7. The third kappa shape index (κ3) is 6.07. The molecule has 10 nitrogen and oxygen atoms in total. The fraction of sp³-hybridized carbons (Fsp3) is 0.207. The fourth-order valence-corrected chi connectivity index (χ4v) is 3.75. The average Bonchev–Trinajstić information content (AvgIpc) is 3.35. The van der Waals surface area contributed by atoms with Crippen molar-refractivity contribution in [3.63, 3.8) is 0 Å². The molecule has 0 aliphatic carbocycles. The summed E-state index contributed by atoms with van der Waals surface area (Å²) in [4.78, 5) is 33.6. The number of pyridine rings is 1. The number of ether oxygens (including phenoxy) is 1. The van der Waals surface area contributed by atoms with Crippen LogP contribution in [0.15, 0.2) is 61.2 Å². The summed E-state index contributed by atoms with van der Waals surface area (Å²) < 4.78 is 20.7. The van der Waals surface area contributed by atoms with E-state index in [4.69, 9.17) is 4.74 Å². The van der Waals surface area contributed by atoms with Crippen molar-refractivity contribution in [2.75, 3.05) is 5.32 Å². The molecule has 1 N–H and O–H groups in total. The zero-order chi connectivity index (χ0) is 28.3. The number of halogens is 1. The molecule has 0 aliphatic rings. The Kier molecular flexibility index (Phi) is 7.16. The van der Waals surface area contributed by atoms with Gasteiger partial charge in [0.15, 0.2) is 5.82 Å². The summed E-state index contributed by atoms with van der Waals surface area (Å²) in [5.41, 5.74) is 2.93. The van der Waals surface area contributed by atoms with Gasteiger partial charge in [0, 0.05) is 41.6 Å². The SMILES string of the molecule is Cc1ccnc(F)c1CNc1nccc(-c2nccc(C#Cc3ccc4c(cnn4C(=O)OC(C)(C)C)c3)n2)n1. The fourth-order valence-electron chi connectivity index (χ4n) is 3.75. The van der Waals surface area contributed by atoms with Crippen LogP contribution in [0.4, 0.5) is 15.1 Å². The molecule has 0 saturated heterocycles. The molecular formula is C29H25FN8O2. The van der Waals surface area contributed by atoms with Crippen molar-refractivity contribution in [2.24, 2.45) is 0 Å². The lowest BCUT2D eigenvalue weighted by molar-refractivity contribution is 0.0522. The van der Waals surface area contributed by atoms with E-state index in [1.165, 1.54) is 10.9 Å². The summed E-state index contributed by atoms with van der Waals surface area (Å²) in [7, 11) is 0. The lowest BCUT2D eigenvalue weighted by Crippen LogP contribution is -2.27. The van der Waals surface area contributed by atoms with Gasteiger partial charge in [-0.15, -0.1) is 0 Å². The van der Waals surface area contributed by atoms with Gasteiger partial charge in [-0.1, -0.05) is 5.92 Å². The second-order valence-electron chi connectivity index (χ2n) is 9.84. The van der Waals surface area contributed by atoms with E-state index >= 15 is 0 Å². The van der Waals surface area contributed by atoms with Crippen molar-refractivity contribution < 1.29 is 13.9 Å². The van der Waals surface area contributed by atoms with Crippen LogP contribution in [0.3, 0.4) is 0 Å². The number of fused-ring (bicyclic) bond motifs is 1. The lowest BCUT2D eigenvalue weighted by atomic mass is 10.1. The van der Waals surface area contributed by atoms with Crippen LogP contribution in [0, 0.1) is 24.7 Å². The first-order valence-corrected chi connectivity index (χ1v) is 12.4. The van der Waals surface area contributed by atoms with Crippen LogP contribution in [-0.2, 0) is 11.3 Å². The molecule has 0 amide bonds. The molecule has 40 heavy (non-hydrogen) atoms. The maximum absolute atomic E-state index is 14.1. The number of aromatic nitrogens is 7. The number of hydrogen-bond donors (Lipinski definition) is 1. The standard InChI is InChI=1S/C29H25FN8O2/c1-18-9-12-31-25(30)22(18)17-34-27-33-14-11-23(37-27)26-32-13-10-21(36-26)7-5-19-6-8-24-20(15-19)16-35-38(24)28(39)40-29(2,3)4/h6,8-16H,17H2,1-4H3,(H,33,34,37). The molecule has 0 radical (unpaired) electrons. The number of hydrogen-bond acceptors (Lipinski definition) is 9. The molecular weight excluding hydrogens is 511 g/mol. The van der Waals surface area contributed by atoms with Gasteiger partial charge in [-0.05, 0) is 75.6 Å². The average molecular weight is 537 g/mol. The van der Waals surface area contributed by atoms with Gasteiger partial charge in [-0.2, -0.15) is 14.2 Å². The van der Waals surface area contributed by atoms with E-state index in [0.29, 0.717) is 34.2 Å². The molecule has 200 valence electrons. The zero-order valence-electron chi connectivity index (χ0n) is 22.3. The highest BCUT2D eigenvalue weighted by molar-refractivity contribution is 5.88. The van der Waals surface area contributed by atoms with Crippen LogP contribution >= 0.6 is 0 Å². The Labute approximate surface area is 229 Å². The van der Waals surface area contributed by atoms with E-state index in [2.05, 4.69) is 47.2 Å². The minimum atomic E-state index is -0.626. The van der Waals surface area contributed by atoms with Gasteiger partial charge in [0.1, 0.15) is 17.0 Å². The van der Waals surface area contributed by atoms with Crippen molar-refractivity contribution in [2.45, 2.75) is 39.8 Å². The Morgan fingerprint density at radius 3 is 2.62 bits per heavy atom. The van der Waals surface area contributed by atoms with Crippen molar-refractivity contribution in [1.82, 2.24) is 34.7 Å². The number of carbonyl (C=O) groups excluding carboxylic acids is 1. The number of rotatable bonds is 4. The van der Waals surface area contributed by atoms with Crippen LogP contribution in [0.2, 0.25) is 0 Å². The maximum atomic E-state index is 14.1. The van der Waals surface area contributed by atoms with Crippen molar-refractivity contribution in [1.29, 1.82) is 0 Å². The van der Waals surface area contributed by atoms with Gasteiger partial charge in [0.25, 0.3) is 0 Å². The van der Waals surface area contributed by atoms with E-state index in [0.717, 1.165) is 16.5 Å². The predicted octanol–water partition coefficient (Wildman–Crippen LogP) is 4.92. The highest BCUT2D eigenvalue weighted by atomic mass is 19.1. The Morgan fingerprint density at radius 2 is 1.82 bits per heavy atom. The zero-order valence-corrected chi connectivity index (χ0v) is 22.3. The van der Waals surface area contributed by atoms with Crippen molar-refractivity contribution >= 4 is 22.9 Å². The van der Waals surface area contributed by atoms with E-state index in [9.17, 15) is 9.18 Å². The molecule has 4 heterocycles. The third-order valence-electron chi connectivity index (χ3n) is 5.67. The highest BCUT2D eigenvalue weighted by Crippen LogP contribution is 2.19. The number of nitrogens with one attached hydrogen (secondary N) is 1. The van der Waals surface area contributed by atoms with Crippen LogP contribution in [0.1, 0.15) is 43.2 Å². The van der Waals surface area contributed by atoms with E-state index in [-0.39, 0.29) is 6.54 Å². The Morgan fingerprint density at radius 1 is 1.02 bits per heavy atom. The molecule has 0 unspecified atom stereocenters. The molecule has 0 atom stereocenters. The van der Waals surface area contributed by atoms with Gasteiger partial charge in [0.2, 0.25) is 11.9 Å². The van der Waals surface area contributed by atoms with Gasteiger partial charge in [-0.3, -0.25) is 0 Å². The second kappa shape index (κ2) is 10.9. The molecule has 0 fully saturated rings. The number of benzene rings is 1. The van der Waals surface area contributed by atoms with Crippen LogP contribution in [0.25, 0.3) is 22.4 Å². The second-order valence-corrected chi connectivity index (χ2v) is 9.84. The van der Waals surface area contributed by atoms with Crippen LogP contribution in [-0.4, -0.2) is 46.4 Å². The van der Waals surface area contributed by atoms with Gasteiger partial charge in [-0.25, -0.2) is 29.7 Å². The van der Waals surface area contributed by atoms with Crippen molar-refractivity contribution in [3.8, 4) is 23.4 Å². The first kappa shape index (κ1) is 26.4. The Hall–Kier alpha value is -5.24. The normalized spacial score (nSPS) is 11.1. The molecule has 5 aromatic rings. The summed E-state index contributed by atoms with van der Waals surface area (Å²) in [6, 6.07) is 10.5. The van der Waals surface area contributed by atoms with E-state index < -0.39 is 17.6 Å². The molecule has 4 aromatic heterocycles. The minimum absolute atomic E-state index is 0.183. The smallest absolute Gasteiger partial charge is 0.435 e. The molecule has 0 bridgehead atoms. The molecule has 0 saturated carbocycles. The van der Waals surface area contributed by atoms with Crippen LogP contribution in [0.5, 0.6) is 0 Å². The minimum Gasteiger partial charge on any atom is -0.442 e. The summed E-state index contributed by atoms with van der Waals surface area (Å²) in [6.45, 7) is 7.40. The van der Waals surface area contributed by atoms with Gasteiger partial charge in [0.05, 0.1) is 11.7 Å². The summed E-state index contributed by atoms with van der Waals surface area (Å²) in [6.07, 6.45) is 5.65. The summed E-state index contributed by atoms with van der Waals surface area (Å²) >= 11 is 0. The first-order chi connectivity index (χ1) is 19.2. The quantitative estimate of drug-likeness (QED) is 0.252. The number of anilines is 1. The number of carbonyl (C=O) groups is 1. The Balaban J connectivity index is 1.32. The van der Waals surface area contributed by atoms with Crippen LogP contribution < -0.4 is 5.32 Å². The molecule has 11 heteroatoms.